The smallest absolute Gasteiger partial charge is 0.128 e. The minimum absolute atomic E-state index is 0.0282. The molecule has 0 aliphatic heterocycles. The minimum Gasteiger partial charge on any atom is -0.497 e. The van der Waals surface area contributed by atoms with Crippen molar-refractivity contribution < 1.29 is 9.47 Å². The van der Waals surface area contributed by atoms with Gasteiger partial charge in [-0.3, -0.25) is 0 Å². The van der Waals surface area contributed by atoms with Crippen molar-refractivity contribution in [1.29, 1.82) is 0 Å². The van der Waals surface area contributed by atoms with Crippen LogP contribution < -0.4 is 15.2 Å². The summed E-state index contributed by atoms with van der Waals surface area (Å²) in [6.07, 6.45) is 6.52. The van der Waals surface area contributed by atoms with Crippen LogP contribution in [0.4, 0.5) is 0 Å². The standard InChI is InChI=1S/C17H27NO2/c1-4-13-7-5-6-8-16(13)20-17-11-14(19-3)9-10-15(17)12(2)18/h9-13,16H,4-8,18H2,1-3H3/t12-,13?,16?/m0/s1. The molecule has 3 nitrogen and oxygen atoms in total. The normalized spacial score (nSPS) is 24.2. The van der Waals surface area contributed by atoms with E-state index in [2.05, 4.69) is 6.92 Å². The number of ether oxygens (including phenoxy) is 2. The van der Waals surface area contributed by atoms with Crippen LogP contribution in [-0.2, 0) is 0 Å². The van der Waals surface area contributed by atoms with Gasteiger partial charge in [0.15, 0.2) is 0 Å². The van der Waals surface area contributed by atoms with Crippen LogP contribution in [-0.4, -0.2) is 13.2 Å². The van der Waals surface area contributed by atoms with Gasteiger partial charge in [0.1, 0.15) is 17.6 Å². The van der Waals surface area contributed by atoms with Gasteiger partial charge in [-0.05, 0) is 44.6 Å². The van der Waals surface area contributed by atoms with Crippen LogP contribution in [0.5, 0.6) is 11.5 Å². The molecule has 1 saturated carbocycles. The molecule has 3 heteroatoms. The highest BCUT2D eigenvalue weighted by Gasteiger charge is 2.26. The van der Waals surface area contributed by atoms with Crippen molar-refractivity contribution in [1.82, 2.24) is 0 Å². The number of nitrogens with two attached hydrogens (primary N) is 1. The van der Waals surface area contributed by atoms with E-state index in [0.717, 1.165) is 23.5 Å². The van der Waals surface area contributed by atoms with Crippen LogP contribution in [0, 0.1) is 5.92 Å². The summed E-state index contributed by atoms with van der Waals surface area (Å²) in [5.41, 5.74) is 7.12. The van der Waals surface area contributed by atoms with E-state index in [-0.39, 0.29) is 6.04 Å². The van der Waals surface area contributed by atoms with Crippen molar-refractivity contribution in [2.75, 3.05) is 7.11 Å². The maximum atomic E-state index is 6.33. The molecule has 0 aromatic heterocycles. The third-order valence-corrected chi connectivity index (χ3v) is 4.35. The molecule has 1 aromatic carbocycles. The minimum atomic E-state index is -0.0282. The first-order valence-electron chi connectivity index (χ1n) is 7.75. The highest BCUT2D eigenvalue weighted by molar-refractivity contribution is 5.42. The molecule has 2 unspecified atom stereocenters. The Balaban J connectivity index is 2.21. The maximum absolute atomic E-state index is 6.33. The summed E-state index contributed by atoms with van der Waals surface area (Å²) in [5.74, 6) is 2.38. The van der Waals surface area contributed by atoms with Gasteiger partial charge in [-0.2, -0.15) is 0 Å². The Morgan fingerprint density at radius 3 is 2.70 bits per heavy atom. The van der Waals surface area contributed by atoms with E-state index < -0.39 is 0 Å². The lowest BCUT2D eigenvalue weighted by molar-refractivity contribution is 0.0888. The molecular formula is C17H27NO2. The van der Waals surface area contributed by atoms with Crippen molar-refractivity contribution in [3.05, 3.63) is 23.8 Å². The van der Waals surface area contributed by atoms with E-state index in [0.29, 0.717) is 12.0 Å². The number of rotatable bonds is 5. The second kappa shape index (κ2) is 6.98. The average Bonchev–Trinajstić information content (AvgIpc) is 2.47. The molecule has 2 rings (SSSR count). The zero-order chi connectivity index (χ0) is 14.5. The van der Waals surface area contributed by atoms with Gasteiger partial charge in [0, 0.05) is 17.7 Å². The Bertz CT molecular complexity index is 431. The lowest BCUT2D eigenvalue weighted by Crippen LogP contribution is -2.30. The Labute approximate surface area is 122 Å². The van der Waals surface area contributed by atoms with Gasteiger partial charge in [-0.25, -0.2) is 0 Å². The van der Waals surface area contributed by atoms with E-state index in [9.17, 15) is 0 Å². The van der Waals surface area contributed by atoms with Crippen LogP contribution in [0.25, 0.3) is 0 Å². The fourth-order valence-corrected chi connectivity index (χ4v) is 3.08. The zero-order valence-electron chi connectivity index (χ0n) is 12.9. The molecule has 0 heterocycles. The Morgan fingerprint density at radius 2 is 2.05 bits per heavy atom. The second-order valence-electron chi connectivity index (χ2n) is 5.80. The fourth-order valence-electron chi connectivity index (χ4n) is 3.08. The van der Waals surface area contributed by atoms with Crippen LogP contribution in [0.2, 0.25) is 0 Å². The predicted octanol–water partition coefficient (Wildman–Crippen LogP) is 4.06. The van der Waals surface area contributed by atoms with E-state index in [1.54, 1.807) is 7.11 Å². The lowest BCUT2D eigenvalue weighted by atomic mass is 9.84. The second-order valence-corrected chi connectivity index (χ2v) is 5.80. The number of benzene rings is 1. The topological polar surface area (TPSA) is 44.5 Å². The van der Waals surface area contributed by atoms with Gasteiger partial charge in [-0.1, -0.05) is 19.4 Å². The van der Waals surface area contributed by atoms with Crippen molar-refractivity contribution in [3.8, 4) is 11.5 Å². The summed E-state index contributed by atoms with van der Waals surface area (Å²) in [4.78, 5) is 0. The third kappa shape index (κ3) is 3.45. The molecule has 2 N–H and O–H groups in total. The van der Waals surface area contributed by atoms with Gasteiger partial charge >= 0.3 is 0 Å². The molecular weight excluding hydrogens is 250 g/mol. The first-order valence-corrected chi connectivity index (χ1v) is 7.75. The van der Waals surface area contributed by atoms with Gasteiger partial charge < -0.3 is 15.2 Å². The van der Waals surface area contributed by atoms with Crippen LogP contribution in [0.15, 0.2) is 18.2 Å². The summed E-state index contributed by atoms with van der Waals surface area (Å²) in [6.45, 7) is 4.25. The SMILES string of the molecule is CCC1CCCCC1Oc1cc(OC)ccc1[C@H](C)N. The summed E-state index contributed by atoms with van der Waals surface area (Å²) >= 11 is 0. The molecule has 1 aliphatic rings. The fraction of sp³-hybridized carbons (Fsp3) is 0.647. The van der Waals surface area contributed by atoms with E-state index in [1.807, 2.05) is 25.1 Å². The van der Waals surface area contributed by atoms with Crippen LogP contribution in [0.1, 0.15) is 57.6 Å². The van der Waals surface area contributed by atoms with Crippen molar-refractivity contribution in [2.24, 2.45) is 11.7 Å². The number of hydrogen-bond donors (Lipinski definition) is 1. The quantitative estimate of drug-likeness (QED) is 0.882. The summed E-state index contributed by atoms with van der Waals surface area (Å²) in [6, 6.07) is 5.91. The van der Waals surface area contributed by atoms with Gasteiger partial charge in [-0.15, -0.1) is 0 Å². The Morgan fingerprint density at radius 1 is 1.30 bits per heavy atom. The zero-order valence-corrected chi connectivity index (χ0v) is 12.9. The average molecular weight is 277 g/mol. The first kappa shape index (κ1) is 15.2. The number of methoxy groups -OCH3 is 1. The first-order chi connectivity index (χ1) is 9.65. The van der Waals surface area contributed by atoms with Gasteiger partial charge in [0.25, 0.3) is 0 Å². The van der Waals surface area contributed by atoms with Crippen molar-refractivity contribution in [2.45, 2.75) is 58.1 Å². The highest BCUT2D eigenvalue weighted by Crippen LogP contribution is 2.34. The largest absolute Gasteiger partial charge is 0.497 e. The molecule has 3 atom stereocenters. The monoisotopic (exact) mass is 277 g/mol. The summed E-state index contributed by atoms with van der Waals surface area (Å²) in [5, 5.41) is 0. The molecule has 0 bridgehead atoms. The molecule has 1 fully saturated rings. The summed E-state index contributed by atoms with van der Waals surface area (Å²) < 4.78 is 11.6. The molecule has 1 aliphatic carbocycles. The third-order valence-electron chi connectivity index (χ3n) is 4.35. The van der Waals surface area contributed by atoms with Crippen LogP contribution >= 0.6 is 0 Å². The van der Waals surface area contributed by atoms with Gasteiger partial charge in [0.05, 0.1) is 7.11 Å². The molecule has 0 saturated heterocycles. The predicted molar refractivity (Wildman–Crippen MR) is 82.3 cm³/mol. The van der Waals surface area contributed by atoms with E-state index >= 15 is 0 Å². The molecule has 0 spiro atoms. The Kier molecular flexibility index (Phi) is 5.30. The lowest BCUT2D eigenvalue weighted by Gasteiger charge is -2.32. The highest BCUT2D eigenvalue weighted by atomic mass is 16.5. The molecule has 0 radical (unpaired) electrons. The molecule has 0 amide bonds. The molecule has 1 aromatic rings. The van der Waals surface area contributed by atoms with Crippen LogP contribution in [0.3, 0.4) is 0 Å². The maximum Gasteiger partial charge on any atom is 0.128 e. The Hall–Kier alpha value is -1.22. The molecule has 20 heavy (non-hydrogen) atoms. The van der Waals surface area contributed by atoms with E-state index in [4.69, 9.17) is 15.2 Å². The van der Waals surface area contributed by atoms with E-state index in [1.165, 1.54) is 25.7 Å². The van der Waals surface area contributed by atoms with Gasteiger partial charge in [0.2, 0.25) is 0 Å². The van der Waals surface area contributed by atoms with Crippen molar-refractivity contribution >= 4 is 0 Å². The van der Waals surface area contributed by atoms with Crippen molar-refractivity contribution in [3.63, 3.8) is 0 Å². The molecule has 112 valence electrons. The number of hydrogen-bond acceptors (Lipinski definition) is 3. The summed E-state index contributed by atoms with van der Waals surface area (Å²) in [7, 11) is 1.68.